The van der Waals surface area contributed by atoms with Gasteiger partial charge in [0.25, 0.3) is 0 Å². The number of carbonyl (C=O) groups is 1. The van der Waals surface area contributed by atoms with Crippen LogP contribution in [0.15, 0.2) is 28.9 Å². The van der Waals surface area contributed by atoms with Crippen molar-refractivity contribution in [2.45, 2.75) is 12.5 Å². The van der Waals surface area contributed by atoms with Gasteiger partial charge in [0.15, 0.2) is 0 Å². The highest BCUT2D eigenvalue weighted by Gasteiger charge is 2.10. The fourth-order valence-corrected chi connectivity index (χ4v) is 2.38. The molecule has 2 rings (SSSR count). The summed E-state index contributed by atoms with van der Waals surface area (Å²) >= 11 is 3.41. The zero-order valence-electron chi connectivity index (χ0n) is 11.1. The van der Waals surface area contributed by atoms with Crippen LogP contribution in [0.25, 0.3) is 10.9 Å². The number of aromatic nitrogens is 1. The maximum atomic E-state index is 11.8. The molecule has 0 aliphatic carbocycles. The van der Waals surface area contributed by atoms with Crippen LogP contribution in [-0.2, 0) is 16.0 Å². The molecule has 1 aromatic carbocycles. The number of H-pyrrole nitrogens is 1. The predicted octanol–water partition coefficient (Wildman–Crippen LogP) is 1.60. The van der Waals surface area contributed by atoms with E-state index in [1.807, 2.05) is 24.4 Å². The maximum Gasteiger partial charge on any atom is 0.224 e. The van der Waals surface area contributed by atoms with Gasteiger partial charge in [0.2, 0.25) is 5.91 Å². The Morgan fingerprint density at radius 2 is 2.35 bits per heavy atom. The van der Waals surface area contributed by atoms with Crippen molar-refractivity contribution in [2.75, 3.05) is 20.3 Å². The van der Waals surface area contributed by atoms with Crippen LogP contribution in [0.5, 0.6) is 0 Å². The predicted molar refractivity (Wildman–Crippen MR) is 80.6 cm³/mol. The quantitative estimate of drug-likeness (QED) is 0.747. The van der Waals surface area contributed by atoms with Gasteiger partial charge in [0, 0.05) is 35.2 Å². The molecule has 2 aromatic rings. The van der Waals surface area contributed by atoms with E-state index < -0.39 is 6.10 Å². The molecule has 108 valence electrons. The fraction of sp³-hybridized carbons (Fsp3) is 0.357. The van der Waals surface area contributed by atoms with Gasteiger partial charge in [0.1, 0.15) is 0 Å². The number of rotatable bonds is 6. The van der Waals surface area contributed by atoms with Crippen LogP contribution in [0.2, 0.25) is 0 Å². The van der Waals surface area contributed by atoms with E-state index in [0.717, 1.165) is 20.9 Å². The van der Waals surface area contributed by atoms with Crippen LogP contribution in [-0.4, -0.2) is 42.4 Å². The Morgan fingerprint density at radius 3 is 3.10 bits per heavy atom. The normalized spacial score (nSPS) is 12.6. The van der Waals surface area contributed by atoms with E-state index in [0.29, 0.717) is 0 Å². The molecule has 5 nitrogen and oxygen atoms in total. The lowest BCUT2D eigenvalue weighted by molar-refractivity contribution is -0.121. The number of carbonyl (C=O) groups excluding carboxylic acids is 1. The molecule has 0 aliphatic heterocycles. The van der Waals surface area contributed by atoms with Gasteiger partial charge < -0.3 is 20.1 Å². The molecular formula is C14H17BrN2O3. The number of fused-ring (bicyclic) bond motifs is 1. The molecule has 3 N–H and O–H groups in total. The van der Waals surface area contributed by atoms with Crippen LogP contribution in [0.3, 0.4) is 0 Å². The molecule has 0 saturated carbocycles. The van der Waals surface area contributed by atoms with E-state index in [-0.39, 0.29) is 25.5 Å². The molecule has 6 heteroatoms. The standard InChI is InChI=1S/C14H17BrN2O3/c1-20-8-11(18)7-17-14(19)4-9-6-16-13-5-10(15)2-3-12(9)13/h2-3,5-6,11,16,18H,4,7-8H2,1H3,(H,17,19). The lowest BCUT2D eigenvalue weighted by Gasteiger charge is -2.10. The van der Waals surface area contributed by atoms with E-state index in [4.69, 9.17) is 4.74 Å². The van der Waals surface area contributed by atoms with Crippen molar-refractivity contribution in [3.8, 4) is 0 Å². The average Bonchev–Trinajstić information content (AvgIpc) is 2.79. The first kappa shape index (κ1) is 15.0. The van der Waals surface area contributed by atoms with E-state index in [1.54, 1.807) is 0 Å². The summed E-state index contributed by atoms with van der Waals surface area (Å²) in [6, 6.07) is 5.89. The third kappa shape index (κ3) is 3.82. The molecular weight excluding hydrogens is 324 g/mol. The minimum Gasteiger partial charge on any atom is -0.389 e. The van der Waals surface area contributed by atoms with Gasteiger partial charge in [0.05, 0.1) is 19.1 Å². The van der Waals surface area contributed by atoms with Gasteiger partial charge in [-0.1, -0.05) is 22.0 Å². The van der Waals surface area contributed by atoms with E-state index >= 15 is 0 Å². The monoisotopic (exact) mass is 340 g/mol. The Balaban J connectivity index is 1.96. The number of aromatic amines is 1. The smallest absolute Gasteiger partial charge is 0.224 e. The number of hydrogen-bond acceptors (Lipinski definition) is 3. The van der Waals surface area contributed by atoms with Gasteiger partial charge >= 0.3 is 0 Å². The molecule has 1 unspecified atom stereocenters. The number of benzene rings is 1. The summed E-state index contributed by atoms with van der Waals surface area (Å²) in [5, 5.41) is 13.2. The van der Waals surface area contributed by atoms with Gasteiger partial charge in [-0.2, -0.15) is 0 Å². The number of aliphatic hydroxyl groups excluding tert-OH is 1. The summed E-state index contributed by atoms with van der Waals surface area (Å²) in [7, 11) is 1.51. The van der Waals surface area contributed by atoms with Crippen molar-refractivity contribution in [3.05, 3.63) is 34.4 Å². The van der Waals surface area contributed by atoms with E-state index in [1.165, 1.54) is 7.11 Å². The van der Waals surface area contributed by atoms with Crippen molar-refractivity contribution in [2.24, 2.45) is 0 Å². The van der Waals surface area contributed by atoms with Crippen LogP contribution in [0.4, 0.5) is 0 Å². The minimum absolute atomic E-state index is 0.121. The second-order valence-electron chi connectivity index (χ2n) is 4.59. The molecule has 20 heavy (non-hydrogen) atoms. The summed E-state index contributed by atoms with van der Waals surface area (Å²) in [6.07, 6.45) is 1.44. The third-order valence-electron chi connectivity index (χ3n) is 2.97. The molecule has 0 aliphatic rings. The first-order chi connectivity index (χ1) is 9.60. The van der Waals surface area contributed by atoms with Crippen molar-refractivity contribution in [1.29, 1.82) is 0 Å². The lowest BCUT2D eigenvalue weighted by atomic mass is 10.1. The van der Waals surface area contributed by atoms with Crippen molar-refractivity contribution >= 4 is 32.7 Å². The van der Waals surface area contributed by atoms with Gasteiger partial charge in [-0.05, 0) is 17.7 Å². The molecule has 0 radical (unpaired) electrons. The molecule has 0 bridgehead atoms. The zero-order chi connectivity index (χ0) is 14.5. The SMILES string of the molecule is COCC(O)CNC(=O)Cc1c[nH]c2cc(Br)ccc12. The number of ether oxygens (including phenoxy) is 1. The van der Waals surface area contributed by atoms with Crippen LogP contribution < -0.4 is 5.32 Å². The largest absolute Gasteiger partial charge is 0.389 e. The van der Waals surface area contributed by atoms with Crippen LogP contribution >= 0.6 is 15.9 Å². The summed E-state index contributed by atoms with van der Waals surface area (Å²) in [5.74, 6) is -0.121. The van der Waals surface area contributed by atoms with E-state index in [9.17, 15) is 9.90 Å². The molecule has 1 amide bonds. The third-order valence-corrected chi connectivity index (χ3v) is 3.47. The van der Waals surface area contributed by atoms with E-state index in [2.05, 4.69) is 26.2 Å². The number of amides is 1. The summed E-state index contributed by atoms with van der Waals surface area (Å²) in [4.78, 5) is 15.0. The number of hydrogen-bond donors (Lipinski definition) is 3. The Labute approximate surface area is 125 Å². The number of methoxy groups -OCH3 is 1. The average molecular weight is 341 g/mol. The van der Waals surface area contributed by atoms with Crippen LogP contribution in [0, 0.1) is 0 Å². The Morgan fingerprint density at radius 1 is 1.55 bits per heavy atom. The van der Waals surface area contributed by atoms with Gasteiger partial charge in [-0.3, -0.25) is 4.79 Å². The maximum absolute atomic E-state index is 11.8. The second-order valence-corrected chi connectivity index (χ2v) is 5.51. The topological polar surface area (TPSA) is 74.3 Å². The molecule has 1 aromatic heterocycles. The molecule has 0 saturated heterocycles. The molecule has 1 atom stereocenters. The Bertz CT molecular complexity index is 597. The fourth-order valence-electron chi connectivity index (χ4n) is 2.02. The highest BCUT2D eigenvalue weighted by atomic mass is 79.9. The van der Waals surface area contributed by atoms with Crippen molar-refractivity contribution in [3.63, 3.8) is 0 Å². The minimum atomic E-state index is -0.678. The summed E-state index contributed by atoms with van der Waals surface area (Å²) in [5.41, 5.74) is 1.92. The first-order valence-electron chi connectivity index (χ1n) is 6.29. The molecule has 1 heterocycles. The molecule has 0 fully saturated rings. The number of halogens is 1. The summed E-state index contributed by atoms with van der Waals surface area (Å²) < 4.78 is 5.79. The van der Waals surface area contributed by atoms with Crippen molar-refractivity contribution in [1.82, 2.24) is 10.3 Å². The Hall–Kier alpha value is -1.37. The molecule has 0 spiro atoms. The van der Waals surface area contributed by atoms with Gasteiger partial charge in [-0.25, -0.2) is 0 Å². The van der Waals surface area contributed by atoms with Crippen molar-refractivity contribution < 1.29 is 14.6 Å². The number of aliphatic hydroxyl groups is 1. The highest BCUT2D eigenvalue weighted by Crippen LogP contribution is 2.22. The Kier molecular flexibility index (Phi) is 5.17. The first-order valence-corrected chi connectivity index (χ1v) is 7.08. The summed E-state index contributed by atoms with van der Waals surface area (Å²) in [6.45, 7) is 0.405. The zero-order valence-corrected chi connectivity index (χ0v) is 12.7. The van der Waals surface area contributed by atoms with Gasteiger partial charge in [-0.15, -0.1) is 0 Å². The second kappa shape index (κ2) is 6.88. The van der Waals surface area contributed by atoms with Crippen LogP contribution in [0.1, 0.15) is 5.56 Å². The highest BCUT2D eigenvalue weighted by molar-refractivity contribution is 9.10. The lowest BCUT2D eigenvalue weighted by Crippen LogP contribution is -2.35. The number of nitrogens with one attached hydrogen (secondary N) is 2.